The maximum Gasteiger partial charge on any atom is 0.374 e. The summed E-state index contributed by atoms with van der Waals surface area (Å²) in [4.78, 5) is 22.0. The average Bonchev–Trinajstić information content (AvgIpc) is 2.66. The molecule has 1 aromatic heterocycles. The van der Waals surface area contributed by atoms with Crippen molar-refractivity contribution in [2.24, 2.45) is 0 Å². The first-order chi connectivity index (χ1) is 7.54. The molecule has 0 aliphatic carbocycles. The fourth-order valence-corrected chi connectivity index (χ4v) is 1.09. The van der Waals surface area contributed by atoms with Crippen LogP contribution in [0.1, 0.15) is 34.4 Å². The van der Waals surface area contributed by atoms with E-state index in [4.69, 9.17) is 5.11 Å². The molecule has 0 spiro atoms. The summed E-state index contributed by atoms with van der Waals surface area (Å²) >= 11 is 0. The molecule has 1 amide bonds. The Bertz CT molecular complexity index is 411. The molecule has 0 saturated carbocycles. The quantitative estimate of drug-likeness (QED) is 0.729. The molecular formula is C10H12N2O4. The highest BCUT2D eigenvalue weighted by Crippen LogP contribution is 2.04. The van der Waals surface area contributed by atoms with Crippen molar-refractivity contribution in [2.45, 2.75) is 19.4 Å². The number of nitrogens with zero attached hydrogens (tertiary/aromatic N) is 1. The van der Waals surface area contributed by atoms with Crippen molar-refractivity contribution in [2.75, 3.05) is 0 Å². The van der Waals surface area contributed by atoms with E-state index < -0.39 is 11.9 Å². The first kappa shape index (κ1) is 12.0. The van der Waals surface area contributed by atoms with Gasteiger partial charge in [-0.05, 0) is 13.3 Å². The molecule has 0 fully saturated rings. The molecule has 6 heteroatoms. The van der Waals surface area contributed by atoms with Gasteiger partial charge in [0.05, 0.1) is 0 Å². The van der Waals surface area contributed by atoms with Crippen LogP contribution < -0.4 is 5.32 Å². The molecule has 0 aliphatic heterocycles. The zero-order valence-corrected chi connectivity index (χ0v) is 8.77. The van der Waals surface area contributed by atoms with Crippen LogP contribution in [0.25, 0.3) is 0 Å². The van der Waals surface area contributed by atoms with E-state index in [1.807, 2.05) is 0 Å². The minimum absolute atomic E-state index is 0.0479. The smallest absolute Gasteiger partial charge is 0.374 e. The molecule has 0 aliphatic rings. The van der Waals surface area contributed by atoms with E-state index in [-0.39, 0.29) is 17.5 Å². The molecule has 1 rings (SSSR count). The third-order valence-electron chi connectivity index (χ3n) is 1.85. The summed E-state index contributed by atoms with van der Waals surface area (Å²) in [6.07, 6.45) is 2.30. The van der Waals surface area contributed by atoms with Crippen molar-refractivity contribution in [3.05, 3.63) is 30.2 Å². The highest BCUT2D eigenvalue weighted by atomic mass is 16.5. The summed E-state index contributed by atoms with van der Waals surface area (Å²) in [6, 6.07) is 0.994. The van der Waals surface area contributed by atoms with Crippen LogP contribution in [0.4, 0.5) is 0 Å². The number of nitrogens with one attached hydrogen (secondary N) is 1. The second kappa shape index (κ2) is 5.11. The van der Waals surface area contributed by atoms with Gasteiger partial charge in [0.15, 0.2) is 5.69 Å². The maximum absolute atomic E-state index is 11.5. The number of carboxylic acid groups (broad SMARTS) is 1. The first-order valence-electron chi connectivity index (χ1n) is 4.66. The minimum Gasteiger partial charge on any atom is -0.475 e. The van der Waals surface area contributed by atoms with E-state index in [1.54, 1.807) is 13.0 Å². The van der Waals surface area contributed by atoms with E-state index in [1.165, 1.54) is 0 Å². The van der Waals surface area contributed by atoms with Gasteiger partial charge in [-0.2, -0.15) is 0 Å². The first-order valence-corrected chi connectivity index (χ1v) is 4.66. The van der Waals surface area contributed by atoms with Crippen LogP contribution in [0.5, 0.6) is 0 Å². The van der Waals surface area contributed by atoms with Gasteiger partial charge in [0.25, 0.3) is 5.91 Å². The standard InChI is InChI=1S/C10H12N2O4/c1-3-4-6(2)11-9(13)7-5-8(10(14)15)16-12-7/h3,5-6H,1,4H2,2H3,(H,11,13)(H,14,15). The molecule has 0 radical (unpaired) electrons. The molecule has 1 aromatic rings. The fraction of sp³-hybridized carbons (Fsp3) is 0.300. The number of hydrogen-bond acceptors (Lipinski definition) is 4. The molecule has 1 atom stereocenters. The van der Waals surface area contributed by atoms with E-state index in [9.17, 15) is 9.59 Å². The van der Waals surface area contributed by atoms with Gasteiger partial charge in [-0.1, -0.05) is 11.2 Å². The maximum atomic E-state index is 11.5. The molecule has 0 aromatic carbocycles. The number of aromatic nitrogens is 1. The number of aromatic carboxylic acids is 1. The number of amides is 1. The summed E-state index contributed by atoms with van der Waals surface area (Å²) in [7, 11) is 0. The number of hydrogen-bond donors (Lipinski definition) is 2. The predicted octanol–water partition coefficient (Wildman–Crippen LogP) is 1.07. The Morgan fingerprint density at radius 1 is 1.75 bits per heavy atom. The molecule has 1 heterocycles. The molecule has 1 unspecified atom stereocenters. The van der Waals surface area contributed by atoms with Crippen molar-refractivity contribution in [3.63, 3.8) is 0 Å². The fourth-order valence-electron chi connectivity index (χ4n) is 1.09. The van der Waals surface area contributed by atoms with Crippen LogP contribution in [0.3, 0.4) is 0 Å². The SMILES string of the molecule is C=CCC(C)NC(=O)c1cc(C(=O)O)on1. The molecule has 6 nitrogen and oxygen atoms in total. The summed E-state index contributed by atoms with van der Waals surface area (Å²) < 4.78 is 4.46. The second-order valence-electron chi connectivity index (χ2n) is 3.28. The number of carbonyl (C=O) groups excluding carboxylic acids is 1. The zero-order valence-electron chi connectivity index (χ0n) is 8.77. The highest BCUT2D eigenvalue weighted by molar-refractivity contribution is 5.94. The van der Waals surface area contributed by atoms with Crippen LogP contribution in [0.2, 0.25) is 0 Å². The third-order valence-corrected chi connectivity index (χ3v) is 1.85. The predicted molar refractivity (Wildman–Crippen MR) is 55.2 cm³/mol. The summed E-state index contributed by atoms with van der Waals surface area (Å²) in [5.41, 5.74) is -0.0479. The largest absolute Gasteiger partial charge is 0.475 e. The highest BCUT2D eigenvalue weighted by Gasteiger charge is 2.17. The monoisotopic (exact) mass is 224 g/mol. The molecule has 16 heavy (non-hydrogen) atoms. The van der Waals surface area contributed by atoms with E-state index >= 15 is 0 Å². The second-order valence-corrected chi connectivity index (χ2v) is 3.28. The molecule has 86 valence electrons. The van der Waals surface area contributed by atoms with Gasteiger partial charge in [-0.25, -0.2) is 4.79 Å². The Hall–Kier alpha value is -2.11. The Kier molecular flexibility index (Phi) is 3.82. The number of carbonyl (C=O) groups is 2. The van der Waals surface area contributed by atoms with E-state index in [0.717, 1.165) is 6.07 Å². The van der Waals surface area contributed by atoms with Gasteiger partial charge in [0.2, 0.25) is 5.76 Å². The summed E-state index contributed by atoms with van der Waals surface area (Å²) in [6.45, 7) is 5.35. The Morgan fingerprint density at radius 2 is 2.44 bits per heavy atom. The topological polar surface area (TPSA) is 92.4 Å². The lowest BCUT2D eigenvalue weighted by atomic mass is 10.2. The molecular weight excluding hydrogens is 212 g/mol. The van der Waals surface area contributed by atoms with Crippen LogP contribution in [0.15, 0.2) is 23.2 Å². The van der Waals surface area contributed by atoms with Crippen LogP contribution >= 0.6 is 0 Å². The summed E-state index contributed by atoms with van der Waals surface area (Å²) in [5.74, 6) is -2.09. The van der Waals surface area contributed by atoms with Gasteiger partial charge >= 0.3 is 5.97 Å². The van der Waals surface area contributed by atoms with Gasteiger partial charge in [0.1, 0.15) is 0 Å². The normalized spacial score (nSPS) is 11.8. The molecule has 0 saturated heterocycles. The Balaban J connectivity index is 2.65. The van der Waals surface area contributed by atoms with Crippen molar-refractivity contribution >= 4 is 11.9 Å². The van der Waals surface area contributed by atoms with Crippen LogP contribution in [-0.2, 0) is 0 Å². The van der Waals surface area contributed by atoms with Crippen LogP contribution in [0, 0.1) is 0 Å². The van der Waals surface area contributed by atoms with E-state index in [2.05, 4.69) is 21.6 Å². The Labute approximate surface area is 91.9 Å². The lowest BCUT2D eigenvalue weighted by molar-refractivity contribution is 0.0651. The Morgan fingerprint density at radius 3 is 2.94 bits per heavy atom. The van der Waals surface area contributed by atoms with Gasteiger partial charge in [0, 0.05) is 12.1 Å². The number of rotatable bonds is 5. The summed E-state index contributed by atoms with van der Waals surface area (Å²) in [5, 5.41) is 14.5. The van der Waals surface area contributed by atoms with Crippen molar-refractivity contribution in [3.8, 4) is 0 Å². The average molecular weight is 224 g/mol. The zero-order chi connectivity index (χ0) is 12.1. The van der Waals surface area contributed by atoms with Gasteiger partial charge in [-0.15, -0.1) is 6.58 Å². The van der Waals surface area contributed by atoms with E-state index in [0.29, 0.717) is 6.42 Å². The van der Waals surface area contributed by atoms with Crippen molar-refractivity contribution in [1.29, 1.82) is 0 Å². The lowest BCUT2D eigenvalue weighted by Crippen LogP contribution is -2.32. The van der Waals surface area contributed by atoms with Gasteiger partial charge < -0.3 is 14.9 Å². The lowest BCUT2D eigenvalue weighted by Gasteiger charge is -2.09. The molecule has 0 bridgehead atoms. The molecule has 2 N–H and O–H groups in total. The third kappa shape index (κ3) is 2.94. The van der Waals surface area contributed by atoms with Crippen molar-refractivity contribution in [1.82, 2.24) is 10.5 Å². The van der Waals surface area contributed by atoms with Gasteiger partial charge in [-0.3, -0.25) is 4.79 Å². The minimum atomic E-state index is -1.26. The van der Waals surface area contributed by atoms with Crippen molar-refractivity contribution < 1.29 is 19.2 Å². The van der Waals surface area contributed by atoms with Crippen LogP contribution in [-0.4, -0.2) is 28.2 Å². The number of carboxylic acids is 1.